The number of piperidine rings is 1. The molecule has 2 unspecified atom stereocenters. The average molecular weight is 299 g/mol. The van der Waals surface area contributed by atoms with Crippen molar-refractivity contribution in [3.05, 3.63) is 0 Å². The van der Waals surface area contributed by atoms with Gasteiger partial charge in [0.15, 0.2) is 0 Å². The highest BCUT2D eigenvalue weighted by Crippen LogP contribution is 2.23. The van der Waals surface area contributed by atoms with Crippen molar-refractivity contribution in [2.45, 2.75) is 39.7 Å². The van der Waals surface area contributed by atoms with Gasteiger partial charge in [-0.05, 0) is 38.3 Å². The number of carboxylic acid groups (broad SMARTS) is 1. The predicted octanol–water partition coefficient (Wildman–Crippen LogP) is 1.47. The lowest BCUT2D eigenvalue weighted by molar-refractivity contribution is -0.143. The van der Waals surface area contributed by atoms with Crippen LogP contribution in [0.2, 0.25) is 0 Å². The third-order valence-electron chi connectivity index (χ3n) is 3.87. The van der Waals surface area contributed by atoms with Gasteiger partial charge in [-0.25, -0.2) is 9.59 Å². The first-order valence-corrected chi connectivity index (χ1v) is 7.54. The molecule has 0 saturated carbocycles. The van der Waals surface area contributed by atoms with E-state index in [4.69, 9.17) is 0 Å². The molecule has 6 heteroatoms. The maximum absolute atomic E-state index is 12.3. The van der Waals surface area contributed by atoms with E-state index in [1.165, 1.54) is 4.90 Å². The lowest BCUT2D eigenvalue weighted by Crippen LogP contribution is -2.54. The van der Waals surface area contributed by atoms with Gasteiger partial charge >= 0.3 is 12.0 Å². The van der Waals surface area contributed by atoms with Crippen molar-refractivity contribution < 1.29 is 14.7 Å². The number of carboxylic acids is 1. The number of carbonyl (C=O) groups is 2. The van der Waals surface area contributed by atoms with Crippen molar-refractivity contribution in [1.82, 2.24) is 15.1 Å². The maximum Gasteiger partial charge on any atom is 0.326 e. The Morgan fingerprint density at radius 1 is 1.38 bits per heavy atom. The molecule has 2 N–H and O–H groups in total. The standard InChI is InChI=1S/C15H29N3O3/c1-11-6-7-18(12(8-11)13(19)20)14(21)16-9-15(2,3)10-17(4)5/h11-12H,6-10H2,1-5H3,(H,16,21)(H,19,20). The molecule has 0 aromatic carbocycles. The summed E-state index contributed by atoms with van der Waals surface area (Å²) in [6, 6.07) is -0.966. The highest BCUT2D eigenvalue weighted by Gasteiger charge is 2.35. The normalized spacial score (nSPS) is 23.2. The van der Waals surface area contributed by atoms with Crippen molar-refractivity contribution in [3.8, 4) is 0 Å². The zero-order valence-electron chi connectivity index (χ0n) is 13.8. The van der Waals surface area contributed by atoms with Crippen LogP contribution in [0, 0.1) is 11.3 Å². The molecule has 0 aliphatic carbocycles. The Morgan fingerprint density at radius 2 is 2.00 bits per heavy atom. The fourth-order valence-electron chi connectivity index (χ4n) is 2.95. The first-order chi connectivity index (χ1) is 9.62. The molecule has 0 aromatic heterocycles. The number of nitrogens with zero attached hydrogens (tertiary/aromatic N) is 2. The van der Waals surface area contributed by atoms with Gasteiger partial charge in [0, 0.05) is 19.6 Å². The van der Waals surface area contributed by atoms with Crippen LogP contribution in [0.15, 0.2) is 0 Å². The molecule has 1 aliphatic heterocycles. The number of urea groups is 1. The predicted molar refractivity (Wildman–Crippen MR) is 82.3 cm³/mol. The molecule has 0 bridgehead atoms. The molecule has 1 aliphatic rings. The average Bonchev–Trinajstić information content (AvgIpc) is 2.34. The van der Waals surface area contributed by atoms with E-state index in [1.54, 1.807) is 0 Å². The second-order valence-corrected chi connectivity index (χ2v) is 7.24. The topological polar surface area (TPSA) is 72.9 Å². The van der Waals surface area contributed by atoms with Crippen molar-refractivity contribution in [2.75, 3.05) is 33.7 Å². The van der Waals surface area contributed by atoms with E-state index in [2.05, 4.69) is 24.1 Å². The van der Waals surface area contributed by atoms with Gasteiger partial charge in [0.1, 0.15) is 6.04 Å². The molecular weight excluding hydrogens is 270 g/mol. The summed E-state index contributed by atoms with van der Waals surface area (Å²) >= 11 is 0. The summed E-state index contributed by atoms with van der Waals surface area (Å²) in [5, 5.41) is 12.2. The zero-order chi connectivity index (χ0) is 16.2. The van der Waals surface area contributed by atoms with Crippen LogP contribution in [0.1, 0.15) is 33.6 Å². The van der Waals surface area contributed by atoms with E-state index in [0.717, 1.165) is 13.0 Å². The van der Waals surface area contributed by atoms with E-state index >= 15 is 0 Å². The van der Waals surface area contributed by atoms with E-state index in [-0.39, 0.29) is 11.4 Å². The van der Waals surface area contributed by atoms with Crippen molar-refractivity contribution in [3.63, 3.8) is 0 Å². The molecule has 0 radical (unpaired) electrons. The van der Waals surface area contributed by atoms with Gasteiger partial charge in [-0.2, -0.15) is 0 Å². The van der Waals surface area contributed by atoms with Crippen molar-refractivity contribution in [1.29, 1.82) is 0 Å². The fourth-order valence-corrected chi connectivity index (χ4v) is 2.95. The highest BCUT2D eigenvalue weighted by atomic mass is 16.4. The molecule has 1 rings (SSSR count). The first kappa shape index (κ1) is 17.8. The minimum Gasteiger partial charge on any atom is -0.480 e. The van der Waals surface area contributed by atoms with E-state index < -0.39 is 12.0 Å². The summed E-state index contributed by atoms with van der Waals surface area (Å²) < 4.78 is 0. The maximum atomic E-state index is 12.3. The molecule has 0 aromatic rings. The van der Waals surface area contributed by atoms with Crippen LogP contribution < -0.4 is 5.32 Å². The molecule has 1 saturated heterocycles. The zero-order valence-corrected chi connectivity index (χ0v) is 13.8. The van der Waals surface area contributed by atoms with Crippen LogP contribution in [0.4, 0.5) is 4.79 Å². The Hall–Kier alpha value is -1.30. The molecule has 2 atom stereocenters. The van der Waals surface area contributed by atoms with Crippen LogP contribution in [-0.4, -0.2) is 66.7 Å². The third-order valence-corrected chi connectivity index (χ3v) is 3.87. The fraction of sp³-hybridized carbons (Fsp3) is 0.867. The van der Waals surface area contributed by atoms with Crippen LogP contribution in [0.3, 0.4) is 0 Å². The lowest BCUT2D eigenvalue weighted by atomic mass is 9.92. The number of hydrogen-bond donors (Lipinski definition) is 2. The molecule has 21 heavy (non-hydrogen) atoms. The Morgan fingerprint density at radius 3 is 2.52 bits per heavy atom. The quantitative estimate of drug-likeness (QED) is 0.806. The Kier molecular flexibility index (Phi) is 6.01. The minimum atomic E-state index is -0.913. The second-order valence-electron chi connectivity index (χ2n) is 7.24. The highest BCUT2D eigenvalue weighted by molar-refractivity contribution is 5.82. The van der Waals surface area contributed by atoms with Crippen LogP contribution in [-0.2, 0) is 4.79 Å². The van der Waals surface area contributed by atoms with Gasteiger partial charge in [0.25, 0.3) is 0 Å². The number of hydrogen-bond acceptors (Lipinski definition) is 3. The van der Waals surface area contributed by atoms with Gasteiger partial charge in [-0.1, -0.05) is 20.8 Å². The summed E-state index contributed by atoms with van der Waals surface area (Å²) in [4.78, 5) is 27.2. The lowest BCUT2D eigenvalue weighted by Gasteiger charge is -2.37. The number of amides is 2. The van der Waals surface area contributed by atoms with Crippen molar-refractivity contribution >= 4 is 12.0 Å². The molecule has 1 fully saturated rings. The van der Waals surface area contributed by atoms with Crippen molar-refractivity contribution in [2.24, 2.45) is 11.3 Å². The number of rotatable bonds is 5. The first-order valence-electron chi connectivity index (χ1n) is 7.54. The Balaban J connectivity index is 2.59. The Bertz CT molecular complexity index is 382. The molecular formula is C15H29N3O3. The molecule has 6 nitrogen and oxygen atoms in total. The number of carbonyl (C=O) groups excluding carboxylic acids is 1. The summed E-state index contributed by atoms with van der Waals surface area (Å²) in [5.41, 5.74) is -0.0546. The van der Waals surface area contributed by atoms with Gasteiger partial charge in [-0.3, -0.25) is 0 Å². The third kappa shape index (κ3) is 5.53. The largest absolute Gasteiger partial charge is 0.480 e. The second kappa shape index (κ2) is 7.11. The number of aliphatic carboxylic acids is 1. The summed E-state index contributed by atoms with van der Waals surface area (Å²) in [6.45, 7) is 8.10. The van der Waals surface area contributed by atoms with Gasteiger partial charge in [0.05, 0.1) is 0 Å². The van der Waals surface area contributed by atoms with Gasteiger partial charge in [0.2, 0.25) is 0 Å². The monoisotopic (exact) mass is 299 g/mol. The summed E-state index contributed by atoms with van der Waals surface area (Å²) in [6.07, 6.45) is 1.39. The smallest absolute Gasteiger partial charge is 0.326 e. The molecule has 122 valence electrons. The summed E-state index contributed by atoms with van der Waals surface area (Å²) in [7, 11) is 3.99. The van der Waals surface area contributed by atoms with Crippen LogP contribution in [0.5, 0.6) is 0 Å². The van der Waals surface area contributed by atoms with E-state index in [9.17, 15) is 14.7 Å². The Labute approximate surface area is 127 Å². The van der Waals surface area contributed by atoms with Gasteiger partial charge < -0.3 is 20.2 Å². The molecule has 1 heterocycles. The number of nitrogens with one attached hydrogen (secondary N) is 1. The van der Waals surface area contributed by atoms with Crippen LogP contribution >= 0.6 is 0 Å². The van der Waals surface area contributed by atoms with Crippen LogP contribution in [0.25, 0.3) is 0 Å². The van der Waals surface area contributed by atoms with Gasteiger partial charge in [-0.15, -0.1) is 0 Å². The minimum absolute atomic E-state index is 0.0546. The molecule has 0 spiro atoms. The number of likely N-dealkylation sites (tertiary alicyclic amines) is 1. The molecule has 2 amide bonds. The summed E-state index contributed by atoms with van der Waals surface area (Å²) in [5.74, 6) is -0.565. The van der Waals surface area contributed by atoms with E-state index in [0.29, 0.717) is 25.4 Å². The SMILES string of the molecule is CC1CCN(C(=O)NCC(C)(C)CN(C)C)C(C(=O)O)C1. The van der Waals surface area contributed by atoms with E-state index in [1.807, 2.05) is 21.0 Å².